The van der Waals surface area contributed by atoms with Crippen LogP contribution in [0.1, 0.15) is 27.2 Å². The highest BCUT2D eigenvalue weighted by atomic mass is 19.1. The number of hydrogen-bond donors (Lipinski definition) is 3. The van der Waals surface area contributed by atoms with E-state index in [-0.39, 0.29) is 63.1 Å². The van der Waals surface area contributed by atoms with Crippen LogP contribution in [0.25, 0.3) is 39.1 Å². The van der Waals surface area contributed by atoms with Gasteiger partial charge in [0.15, 0.2) is 0 Å². The molecule has 1 aliphatic rings. The zero-order chi connectivity index (χ0) is 26.7. The first kappa shape index (κ1) is 23.4. The van der Waals surface area contributed by atoms with Gasteiger partial charge in [-0.2, -0.15) is 0 Å². The van der Waals surface area contributed by atoms with Crippen molar-refractivity contribution in [3.8, 4) is 11.1 Å². The number of amides is 1. The van der Waals surface area contributed by atoms with Crippen molar-refractivity contribution in [1.29, 1.82) is 0 Å². The lowest BCUT2D eigenvalue weighted by Gasteiger charge is -2.12. The van der Waals surface area contributed by atoms with Crippen LogP contribution in [-0.2, 0) is 17.8 Å². The lowest BCUT2D eigenvalue weighted by Crippen LogP contribution is -2.19. The van der Waals surface area contributed by atoms with Crippen molar-refractivity contribution in [3.05, 3.63) is 98.8 Å². The molecule has 3 aromatic heterocycles. The number of aromatic amines is 1. The van der Waals surface area contributed by atoms with Gasteiger partial charge in [0.1, 0.15) is 22.9 Å². The highest BCUT2D eigenvalue weighted by Crippen LogP contribution is 2.40. The van der Waals surface area contributed by atoms with Crippen LogP contribution in [-0.4, -0.2) is 33.6 Å². The number of hydrogen-bond acceptors (Lipinski definition) is 4. The van der Waals surface area contributed by atoms with E-state index < -0.39 is 23.2 Å². The van der Waals surface area contributed by atoms with Gasteiger partial charge in [0, 0.05) is 36.4 Å². The number of fused-ring (bicyclic) bond motifs is 4. The zero-order valence-electron chi connectivity index (χ0n) is 19.9. The van der Waals surface area contributed by atoms with Gasteiger partial charge in [-0.25, -0.2) is 13.6 Å². The number of carbonyl (C=O) groups is 2. The number of H-pyrrole nitrogens is 1. The van der Waals surface area contributed by atoms with Crippen molar-refractivity contribution in [2.75, 3.05) is 7.05 Å². The molecule has 10 heteroatoms. The largest absolute Gasteiger partial charge is 0.477 e. The van der Waals surface area contributed by atoms with Gasteiger partial charge < -0.3 is 24.4 Å². The number of likely N-dealkylation sites (N-methyl/N-ethyl adjacent to an activating group) is 1. The number of rotatable bonds is 5. The number of nitrogens with one attached hydrogen (secondary N) is 2. The van der Waals surface area contributed by atoms with E-state index >= 15 is 8.78 Å². The van der Waals surface area contributed by atoms with Gasteiger partial charge in [-0.15, -0.1) is 0 Å². The topological polar surface area (TPSA) is 117 Å². The number of aromatic carboxylic acids is 1. The third-order valence-electron chi connectivity index (χ3n) is 6.87. The van der Waals surface area contributed by atoms with E-state index in [1.54, 1.807) is 18.2 Å². The third kappa shape index (κ3) is 3.45. The number of aromatic nitrogens is 2. The van der Waals surface area contributed by atoms with Gasteiger partial charge in [-0.3, -0.25) is 9.59 Å². The molecule has 1 aliphatic carbocycles. The summed E-state index contributed by atoms with van der Waals surface area (Å²) in [4.78, 5) is 40.1. The molecule has 3 heterocycles. The van der Waals surface area contributed by atoms with E-state index in [1.807, 2.05) is 0 Å². The zero-order valence-corrected chi connectivity index (χ0v) is 19.9. The fourth-order valence-corrected chi connectivity index (χ4v) is 5.19. The number of furan rings is 1. The molecular formula is C28H19F2N3O5. The van der Waals surface area contributed by atoms with Gasteiger partial charge in [-0.1, -0.05) is 6.07 Å². The second-order valence-electron chi connectivity index (χ2n) is 9.01. The molecule has 0 radical (unpaired) electrons. The standard InChI is InChI=1S/C28H19F2N3O5/c1-31-26(34)15-7-13-9-16(19(29)10-14(13)8-15)12-33-21-11-20(30)17-4-6-38-25(17)23(21)22(24(33)28(36)37)18-3-2-5-32-27(18)35/h2-6,8-11H,7,12H2,1H3,(H,31,34)(H,32,35)(H,36,37). The highest BCUT2D eigenvalue weighted by molar-refractivity contribution is 6.17. The molecular weight excluding hydrogens is 496 g/mol. The summed E-state index contributed by atoms with van der Waals surface area (Å²) in [5.74, 6) is -2.93. The maximum atomic E-state index is 15.3. The molecule has 190 valence electrons. The first-order chi connectivity index (χ1) is 18.3. The number of carboxylic acid groups (broad SMARTS) is 1. The Labute approximate surface area is 212 Å². The lowest BCUT2D eigenvalue weighted by molar-refractivity contribution is -0.117. The number of carbonyl (C=O) groups excluding carboxylic acids is 1. The molecule has 0 spiro atoms. The molecule has 6 rings (SSSR count). The second-order valence-corrected chi connectivity index (χ2v) is 9.01. The minimum Gasteiger partial charge on any atom is -0.477 e. The van der Waals surface area contributed by atoms with Crippen LogP contribution in [0.2, 0.25) is 0 Å². The first-order valence-electron chi connectivity index (χ1n) is 11.7. The van der Waals surface area contributed by atoms with E-state index in [1.165, 1.54) is 42.3 Å². The van der Waals surface area contributed by atoms with Gasteiger partial charge >= 0.3 is 5.97 Å². The summed E-state index contributed by atoms with van der Waals surface area (Å²) < 4.78 is 37.2. The van der Waals surface area contributed by atoms with Crippen molar-refractivity contribution in [2.45, 2.75) is 13.0 Å². The Morgan fingerprint density at radius 1 is 1.18 bits per heavy atom. The minimum absolute atomic E-state index is 0.0411. The van der Waals surface area contributed by atoms with Gasteiger partial charge in [0.2, 0.25) is 5.91 Å². The predicted octanol–water partition coefficient (Wildman–Crippen LogP) is 4.45. The second kappa shape index (κ2) is 8.55. The summed E-state index contributed by atoms with van der Waals surface area (Å²) in [7, 11) is 1.51. The molecule has 0 atom stereocenters. The molecule has 0 saturated heterocycles. The summed E-state index contributed by atoms with van der Waals surface area (Å²) in [5.41, 5.74) is 1.31. The third-order valence-corrected chi connectivity index (χ3v) is 6.87. The molecule has 0 aliphatic heterocycles. The molecule has 0 saturated carbocycles. The normalized spacial score (nSPS) is 12.7. The van der Waals surface area contributed by atoms with E-state index in [4.69, 9.17) is 4.42 Å². The highest BCUT2D eigenvalue weighted by Gasteiger charge is 2.29. The fraction of sp³-hybridized carbons (Fsp3) is 0.107. The molecule has 38 heavy (non-hydrogen) atoms. The summed E-state index contributed by atoms with van der Waals surface area (Å²) in [5, 5.41) is 13.2. The Bertz CT molecular complexity index is 1910. The summed E-state index contributed by atoms with van der Waals surface area (Å²) in [6.07, 6.45) is 4.58. The van der Waals surface area contributed by atoms with Crippen molar-refractivity contribution >= 4 is 39.8 Å². The van der Waals surface area contributed by atoms with Gasteiger partial charge in [0.05, 0.1) is 34.7 Å². The van der Waals surface area contributed by atoms with Crippen LogP contribution in [0.5, 0.6) is 0 Å². The maximum Gasteiger partial charge on any atom is 0.353 e. The average molecular weight is 515 g/mol. The number of halogens is 2. The summed E-state index contributed by atoms with van der Waals surface area (Å²) >= 11 is 0. The molecule has 5 aromatic rings. The van der Waals surface area contributed by atoms with Gasteiger partial charge in [0.25, 0.3) is 5.56 Å². The number of nitrogens with zero attached hydrogens (tertiary/aromatic N) is 1. The summed E-state index contributed by atoms with van der Waals surface area (Å²) in [6, 6.07) is 8.46. The fourth-order valence-electron chi connectivity index (χ4n) is 5.19. The van der Waals surface area contributed by atoms with Crippen LogP contribution < -0.4 is 10.9 Å². The van der Waals surface area contributed by atoms with Crippen LogP contribution in [0, 0.1) is 11.6 Å². The van der Waals surface area contributed by atoms with Crippen LogP contribution in [0.15, 0.2) is 63.6 Å². The monoisotopic (exact) mass is 515 g/mol. The number of pyridine rings is 1. The molecule has 0 bridgehead atoms. The first-order valence-corrected chi connectivity index (χ1v) is 11.7. The van der Waals surface area contributed by atoms with E-state index in [0.717, 1.165) is 6.07 Å². The van der Waals surface area contributed by atoms with E-state index in [0.29, 0.717) is 16.7 Å². The number of benzene rings is 2. The van der Waals surface area contributed by atoms with Gasteiger partial charge in [-0.05, 0) is 47.5 Å². The van der Waals surface area contributed by atoms with Crippen molar-refractivity contribution < 1.29 is 27.9 Å². The SMILES string of the molecule is CNC(=O)C1=Cc2cc(F)c(Cn3c(C(=O)O)c(-c4ccc[nH]c4=O)c4c5occc5c(F)cc43)cc2C1. The Morgan fingerprint density at radius 3 is 2.74 bits per heavy atom. The van der Waals surface area contributed by atoms with E-state index in [9.17, 15) is 19.5 Å². The molecule has 8 nitrogen and oxygen atoms in total. The smallest absolute Gasteiger partial charge is 0.353 e. The van der Waals surface area contributed by atoms with Crippen LogP contribution >= 0.6 is 0 Å². The Morgan fingerprint density at radius 2 is 2.00 bits per heavy atom. The van der Waals surface area contributed by atoms with Crippen LogP contribution in [0.4, 0.5) is 8.78 Å². The quantitative estimate of drug-likeness (QED) is 0.320. The van der Waals surface area contributed by atoms with Crippen LogP contribution in [0.3, 0.4) is 0 Å². The van der Waals surface area contributed by atoms with E-state index in [2.05, 4.69) is 10.3 Å². The average Bonchev–Trinajstić information content (AvgIpc) is 3.60. The predicted molar refractivity (Wildman–Crippen MR) is 136 cm³/mol. The molecule has 0 fully saturated rings. The van der Waals surface area contributed by atoms with Crippen molar-refractivity contribution in [2.24, 2.45) is 0 Å². The Balaban J connectivity index is 1.61. The lowest BCUT2D eigenvalue weighted by atomic mass is 10.0. The maximum absolute atomic E-state index is 15.3. The minimum atomic E-state index is -1.38. The Hall–Kier alpha value is -4.99. The molecule has 0 unspecified atom stereocenters. The van der Waals surface area contributed by atoms with Crippen molar-refractivity contribution in [3.63, 3.8) is 0 Å². The molecule has 1 amide bonds. The Kier molecular flexibility index (Phi) is 5.27. The number of carboxylic acids is 1. The molecule has 2 aromatic carbocycles. The van der Waals surface area contributed by atoms with Crippen molar-refractivity contribution in [1.82, 2.24) is 14.9 Å². The summed E-state index contributed by atoms with van der Waals surface area (Å²) in [6.45, 7) is -0.275. The molecule has 3 N–H and O–H groups in total.